The predicted molar refractivity (Wildman–Crippen MR) is 147 cm³/mol. The van der Waals surface area contributed by atoms with Crippen LogP contribution in [0.5, 0.6) is 0 Å². The van der Waals surface area contributed by atoms with E-state index in [1.807, 2.05) is 66.7 Å². The number of fused-ring (bicyclic) bond motifs is 3. The minimum Gasteiger partial charge on any atom is -0.481 e. The lowest BCUT2D eigenvalue weighted by molar-refractivity contribution is -0.148. The highest BCUT2D eigenvalue weighted by atomic mass is 16.5. The second-order valence-electron chi connectivity index (χ2n) is 10.3. The molecule has 2 amide bonds. The topological polar surface area (TPSA) is 131 Å². The van der Waals surface area contributed by atoms with Crippen LogP contribution in [0.25, 0.3) is 11.1 Å². The van der Waals surface area contributed by atoms with E-state index in [1.165, 1.54) is 13.8 Å². The maximum absolute atomic E-state index is 13.0. The van der Waals surface area contributed by atoms with Gasteiger partial charge in [0.2, 0.25) is 5.91 Å². The molecule has 40 heavy (non-hydrogen) atoms. The number of benzene rings is 3. The maximum atomic E-state index is 13.0. The summed E-state index contributed by atoms with van der Waals surface area (Å²) in [6.45, 7) is 2.74. The van der Waals surface area contributed by atoms with Crippen LogP contribution in [0.4, 0.5) is 4.79 Å². The SMILES string of the molecule is CC(C)(CNC(=O)[C@H](CC(=O)OCc1ccccc1)NC(=O)OCC1c2ccccc2-c2ccccc21)C(=O)O. The number of amides is 2. The molecule has 0 aromatic heterocycles. The first-order chi connectivity index (χ1) is 19.2. The van der Waals surface area contributed by atoms with E-state index in [9.17, 15) is 24.3 Å². The van der Waals surface area contributed by atoms with Gasteiger partial charge in [0.05, 0.1) is 11.8 Å². The van der Waals surface area contributed by atoms with E-state index in [-0.39, 0.29) is 25.7 Å². The quantitative estimate of drug-likeness (QED) is 0.308. The Labute approximate surface area is 232 Å². The second-order valence-corrected chi connectivity index (χ2v) is 10.3. The predicted octanol–water partition coefficient (Wildman–Crippen LogP) is 4.25. The molecule has 3 aromatic carbocycles. The molecule has 9 nitrogen and oxygen atoms in total. The van der Waals surface area contributed by atoms with Crippen molar-refractivity contribution in [2.45, 2.75) is 38.8 Å². The number of carboxylic acid groups (broad SMARTS) is 1. The fourth-order valence-electron chi connectivity index (χ4n) is 4.46. The molecule has 1 atom stereocenters. The largest absolute Gasteiger partial charge is 0.481 e. The van der Waals surface area contributed by atoms with Gasteiger partial charge in [0.15, 0.2) is 0 Å². The molecule has 1 aliphatic carbocycles. The molecule has 4 rings (SSSR count). The number of carboxylic acids is 1. The third-order valence-corrected chi connectivity index (χ3v) is 6.85. The molecule has 3 N–H and O–H groups in total. The van der Waals surface area contributed by atoms with E-state index < -0.39 is 41.8 Å². The Morgan fingerprint density at radius 1 is 0.850 bits per heavy atom. The number of esters is 1. The molecule has 0 aliphatic heterocycles. The number of aliphatic carboxylic acids is 1. The van der Waals surface area contributed by atoms with Crippen LogP contribution in [-0.4, -0.2) is 48.2 Å². The number of nitrogens with one attached hydrogen (secondary N) is 2. The number of carbonyl (C=O) groups excluding carboxylic acids is 3. The molecule has 0 heterocycles. The van der Waals surface area contributed by atoms with Crippen LogP contribution in [0.2, 0.25) is 0 Å². The van der Waals surface area contributed by atoms with Crippen LogP contribution < -0.4 is 10.6 Å². The van der Waals surface area contributed by atoms with Crippen LogP contribution in [-0.2, 0) is 30.5 Å². The van der Waals surface area contributed by atoms with Crippen molar-refractivity contribution in [2.75, 3.05) is 13.2 Å². The third-order valence-electron chi connectivity index (χ3n) is 6.85. The van der Waals surface area contributed by atoms with Crippen molar-refractivity contribution in [3.63, 3.8) is 0 Å². The Bertz CT molecular complexity index is 1340. The average Bonchev–Trinajstić information content (AvgIpc) is 3.27. The lowest BCUT2D eigenvalue weighted by Gasteiger charge is -2.23. The van der Waals surface area contributed by atoms with Gasteiger partial charge in [0.25, 0.3) is 0 Å². The van der Waals surface area contributed by atoms with Gasteiger partial charge in [0.1, 0.15) is 19.3 Å². The van der Waals surface area contributed by atoms with Crippen molar-refractivity contribution in [2.24, 2.45) is 5.41 Å². The Morgan fingerprint density at radius 3 is 2.02 bits per heavy atom. The fourth-order valence-corrected chi connectivity index (χ4v) is 4.46. The highest BCUT2D eigenvalue weighted by Crippen LogP contribution is 2.44. The van der Waals surface area contributed by atoms with Gasteiger partial charge in [-0.3, -0.25) is 14.4 Å². The highest BCUT2D eigenvalue weighted by molar-refractivity contribution is 5.90. The van der Waals surface area contributed by atoms with Gasteiger partial charge in [0, 0.05) is 12.5 Å². The Kier molecular flexibility index (Phi) is 8.83. The zero-order chi connectivity index (χ0) is 28.7. The summed E-state index contributed by atoms with van der Waals surface area (Å²) in [5, 5.41) is 14.3. The van der Waals surface area contributed by atoms with Gasteiger partial charge in [-0.25, -0.2) is 4.79 Å². The number of hydrogen-bond acceptors (Lipinski definition) is 6. The molecule has 0 fully saturated rings. The third kappa shape index (κ3) is 6.85. The Morgan fingerprint density at radius 2 is 1.43 bits per heavy atom. The van der Waals surface area contributed by atoms with E-state index in [0.29, 0.717) is 0 Å². The number of alkyl carbamates (subject to hydrolysis) is 1. The van der Waals surface area contributed by atoms with Crippen LogP contribution in [0.3, 0.4) is 0 Å². The van der Waals surface area contributed by atoms with Crippen LogP contribution in [0.15, 0.2) is 78.9 Å². The summed E-state index contributed by atoms with van der Waals surface area (Å²) in [4.78, 5) is 49.8. The molecular formula is C31H32N2O7. The lowest BCUT2D eigenvalue weighted by Crippen LogP contribution is -2.50. The van der Waals surface area contributed by atoms with Gasteiger partial charge in [-0.05, 0) is 41.7 Å². The smallest absolute Gasteiger partial charge is 0.407 e. The van der Waals surface area contributed by atoms with Crippen molar-refractivity contribution in [3.8, 4) is 11.1 Å². The van der Waals surface area contributed by atoms with E-state index in [2.05, 4.69) is 10.6 Å². The molecule has 3 aromatic rings. The van der Waals surface area contributed by atoms with Crippen molar-refractivity contribution >= 4 is 23.9 Å². The van der Waals surface area contributed by atoms with E-state index in [0.717, 1.165) is 27.8 Å². The zero-order valence-electron chi connectivity index (χ0n) is 22.4. The zero-order valence-corrected chi connectivity index (χ0v) is 22.4. The van der Waals surface area contributed by atoms with Gasteiger partial charge in [-0.15, -0.1) is 0 Å². The van der Waals surface area contributed by atoms with E-state index in [4.69, 9.17) is 9.47 Å². The van der Waals surface area contributed by atoms with Crippen molar-refractivity contribution in [3.05, 3.63) is 95.6 Å². The number of hydrogen-bond donors (Lipinski definition) is 3. The summed E-state index contributed by atoms with van der Waals surface area (Å²) in [6, 6.07) is 23.5. The van der Waals surface area contributed by atoms with Crippen molar-refractivity contribution in [1.29, 1.82) is 0 Å². The van der Waals surface area contributed by atoms with Gasteiger partial charge < -0.3 is 25.2 Å². The minimum absolute atomic E-state index is 0.00496. The molecule has 0 saturated carbocycles. The van der Waals surface area contributed by atoms with Crippen LogP contribution in [0.1, 0.15) is 42.9 Å². The molecule has 0 saturated heterocycles. The molecular weight excluding hydrogens is 512 g/mol. The van der Waals surface area contributed by atoms with Crippen LogP contribution in [0, 0.1) is 5.41 Å². The first-order valence-corrected chi connectivity index (χ1v) is 13.0. The monoisotopic (exact) mass is 544 g/mol. The van der Waals surface area contributed by atoms with E-state index in [1.54, 1.807) is 12.1 Å². The molecule has 9 heteroatoms. The highest BCUT2D eigenvalue weighted by Gasteiger charge is 2.32. The summed E-state index contributed by atoms with van der Waals surface area (Å²) in [6.07, 6.45) is -1.34. The number of carbonyl (C=O) groups is 4. The molecule has 208 valence electrons. The van der Waals surface area contributed by atoms with Crippen molar-refractivity contribution < 1.29 is 33.8 Å². The van der Waals surface area contributed by atoms with Gasteiger partial charge >= 0.3 is 18.0 Å². The fraction of sp³-hybridized carbons (Fsp3) is 0.290. The molecule has 1 aliphatic rings. The Hall–Kier alpha value is -4.66. The average molecular weight is 545 g/mol. The second kappa shape index (κ2) is 12.5. The Balaban J connectivity index is 1.41. The standard InChI is InChI=1S/C31H32N2O7/c1-31(2,29(36)37)19-32-28(35)26(16-27(34)39-17-20-10-4-3-5-11-20)33-30(38)40-18-25-23-14-8-6-12-21(23)22-13-7-9-15-24(22)25/h3-15,25-26H,16-19H2,1-2H3,(H,32,35)(H,33,38)(H,36,37)/t26-/m0/s1. The van der Waals surface area contributed by atoms with Gasteiger partial charge in [-0.2, -0.15) is 0 Å². The molecule has 0 spiro atoms. The minimum atomic E-state index is -1.33. The first-order valence-electron chi connectivity index (χ1n) is 13.0. The number of rotatable bonds is 11. The normalized spacial score (nSPS) is 12.9. The number of ether oxygens (including phenoxy) is 2. The van der Waals surface area contributed by atoms with Gasteiger partial charge in [-0.1, -0.05) is 78.9 Å². The molecule has 0 radical (unpaired) electrons. The summed E-state index contributed by atoms with van der Waals surface area (Å²) in [7, 11) is 0. The summed E-state index contributed by atoms with van der Waals surface area (Å²) >= 11 is 0. The summed E-state index contributed by atoms with van der Waals surface area (Å²) in [5.41, 5.74) is 3.73. The van der Waals surface area contributed by atoms with Crippen molar-refractivity contribution in [1.82, 2.24) is 10.6 Å². The first kappa shape index (κ1) is 28.4. The summed E-state index contributed by atoms with van der Waals surface area (Å²) in [5.74, 6) is -2.71. The lowest BCUT2D eigenvalue weighted by atomic mass is 9.94. The molecule has 0 bridgehead atoms. The van der Waals surface area contributed by atoms with E-state index >= 15 is 0 Å². The maximum Gasteiger partial charge on any atom is 0.407 e. The van der Waals surface area contributed by atoms with Crippen LogP contribution >= 0.6 is 0 Å². The summed E-state index contributed by atoms with van der Waals surface area (Å²) < 4.78 is 10.8. The molecule has 0 unspecified atom stereocenters.